The van der Waals surface area contributed by atoms with Crippen LogP contribution >= 0.6 is 0 Å². The van der Waals surface area contributed by atoms with Gasteiger partial charge in [0.1, 0.15) is 0 Å². The number of rotatable bonds is 3. The van der Waals surface area contributed by atoms with Crippen LogP contribution in [0.15, 0.2) is 54.7 Å². The number of benzene rings is 2. The van der Waals surface area contributed by atoms with Gasteiger partial charge < -0.3 is 14.8 Å². The monoisotopic (exact) mass is 333 g/mol. The quantitative estimate of drug-likeness (QED) is 0.745. The summed E-state index contributed by atoms with van der Waals surface area (Å²) < 4.78 is 2.36. The Hall–Kier alpha value is -2.75. The number of carbonyl (C=O) groups is 1. The molecule has 1 N–H and O–H groups in total. The Balaban J connectivity index is 1.61. The fourth-order valence-corrected chi connectivity index (χ4v) is 3.70. The second-order valence-electron chi connectivity index (χ2n) is 6.63. The van der Waals surface area contributed by atoms with Crippen LogP contribution in [-0.2, 0) is 19.5 Å². The van der Waals surface area contributed by atoms with Crippen molar-refractivity contribution in [3.63, 3.8) is 0 Å². The smallest absolute Gasteiger partial charge is 0.322 e. The zero-order chi connectivity index (χ0) is 17.2. The van der Waals surface area contributed by atoms with E-state index in [1.54, 1.807) is 0 Å². The molecule has 0 saturated heterocycles. The SMILES string of the molecule is CCCn1cc2c3c(cccc31)CN(C(=O)Nc1ccccc1)CC2. The van der Waals surface area contributed by atoms with Gasteiger partial charge in [-0.15, -0.1) is 0 Å². The summed E-state index contributed by atoms with van der Waals surface area (Å²) in [4.78, 5) is 14.6. The Labute approximate surface area is 148 Å². The van der Waals surface area contributed by atoms with Crippen molar-refractivity contribution in [3.05, 3.63) is 65.9 Å². The highest BCUT2D eigenvalue weighted by molar-refractivity contribution is 5.91. The second-order valence-corrected chi connectivity index (χ2v) is 6.63. The third kappa shape index (κ3) is 3.00. The summed E-state index contributed by atoms with van der Waals surface area (Å²) in [5.41, 5.74) is 4.72. The number of hydrogen-bond donors (Lipinski definition) is 1. The first kappa shape index (κ1) is 15.8. The van der Waals surface area contributed by atoms with Gasteiger partial charge in [-0.05, 0) is 42.2 Å². The third-order valence-electron chi connectivity index (χ3n) is 4.86. The first-order chi connectivity index (χ1) is 12.3. The van der Waals surface area contributed by atoms with E-state index in [1.165, 1.54) is 22.0 Å². The molecule has 2 aromatic carbocycles. The molecule has 4 rings (SSSR count). The molecule has 1 aliphatic rings. The Bertz CT molecular complexity index is 898. The summed E-state index contributed by atoms with van der Waals surface area (Å²) in [5, 5.41) is 4.34. The number of amides is 2. The molecule has 0 fully saturated rings. The van der Waals surface area contributed by atoms with E-state index in [4.69, 9.17) is 0 Å². The van der Waals surface area contributed by atoms with E-state index in [-0.39, 0.29) is 6.03 Å². The maximum absolute atomic E-state index is 12.7. The maximum atomic E-state index is 12.7. The molecule has 1 aliphatic heterocycles. The lowest BCUT2D eigenvalue weighted by molar-refractivity contribution is 0.210. The van der Waals surface area contributed by atoms with E-state index in [1.807, 2.05) is 35.2 Å². The van der Waals surface area contributed by atoms with Crippen LogP contribution in [0.4, 0.5) is 10.5 Å². The van der Waals surface area contributed by atoms with Gasteiger partial charge in [0.15, 0.2) is 0 Å². The van der Waals surface area contributed by atoms with Crippen molar-refractivity contribution in [2.45, 2.75) is 32.9 Å². The van der Waals surface area contributed by atoms with Crippen molar-refractivity contribution in [1.29, 1.82) is 0 Å². The largest absolute Gasteiger partial charge is 0.347 e. The van der Waals surface area contributed by atoms with E-state index in [2.05, 4.69) is 41.2 Å². The van der Waals surface area contributed by atoms with Gasteiger partial charge in [0.05, 0.1) is 0 Å². The van der Waals surface area contributed by atoms with Gasteiger partial charge >= 0.3 is 6.03 Å². The number of hydrogen-bond acceptors (Lipinski definition) is 1. The molecule has 2 amide bonds. The number of nitrogens with zero attached hydrogens (tertiary/aromatic N) is 2. The van der Waals surface area contributed by atoms with Crippen LogP contribution in [-0.4, -0.2) is 22.0 Å². The molecule has 128 valence electrons. The van der Waals surface area contributed by atoms with Gasteiger partial charge in [-0.25, -0.2) is 4.79 Å². The minimum Gasteiger partial charge on any atom is -0.347 e. The van der Waals surface area contributed by atoms with Crippen LogP contribution < -0.4 is 5.32 Å². The number of aryl methyl sites for hydroxylation is 1. The fourth-order valence-electron chi connectivity index (χ4n) is 3.70. The Morgan fingerprint density at radius 2 is 1.92 bits per heavy atom. The summed E-state index contributed by atoms with van der Waals surface area (Å²) in [6.45, 7) is 4.63. The molecule has 0 saturated carbocycles. The number of anilines is 1. The molecule has 25 heavy (non-hydrogen) atoms. The van der Waals surface area contributed by atoms with E-state index in [0.717, 1.165) is 31.6 Å². The lowest BCUT2D eigenvalue weighted by atomic mass is 10.1. The molecule has 0 bridgehead atoms. The molecular weight excluding hydrogens is 310 g/mol. The average Bonchev–Trinajstić information content (AvgIpc) is 2.87. The van der Waals surface area contributed by atoms with Crippen LogP contribution in [0, 0.1) is 0 Å². The predicted molar refractivity (Wildman–Crippen MR) is 102 cm³/mol. The van der Waals surface area contributed by atoms with Gasteiger partial charge in [0.2, 0.25) is 0 Å². The summed E-state index contributed by atoms with van der Waals surface area (Å²) in [7, 11) is 0. The van der Waals surface area contributed by atoms with Crippen molar-refractivity contribution in [2.75, 3.05) is 11.9 Å². The number of nitrogens with one attached hydrogen (secondary N) is 1. The molecule has 4 heteroatoms. The van der Waals surface area contributed by atoms with Crippen molar-refractivity contribution in [2.24, 2.45) is 0 Å². The summed E-state index contributed by atoms with van der Waals surface area (Å²) in [6, 6.07) is 16.1. The van der Waals surface area contributed by atoms with E-state index in [0.29, 0.717) is 6.54 Å². The number of aromatic nitrogens is 1. The fraction of sp³-hybridized carbons (Fsp3) is 0.286. The van der Waals surface area contributed by atoms with Gasteiger partial charge in [-0.3, -0.25) is 0 Å². The summed E-state index contributed by atoms with van der Waals surface area (Å²) >= 11 is 0. The summed E-state index contributed by atoms with van der Waals surface area (Å²) in [5.74, 6) is 0. The minimum atomic E-state index is -0.0326. The van der Waals surface area contributed by atoms with Gasteiger partial charge in [-0.1, -0.05) is 37.3 Å². The van der Waals surface area contributed by atoms with Crippen LogP contribution in [0.25, 0.3) is 10.9 Å². The Morgan fingerprint density at radius 3 is 2.72 bits per heavy atom. The van der Waals surface area contributed by atoms with E-state index in [9.17, 15) is 4.79 Å². The maximum Gasteiger partial charge on any atom is 0.322 e. The molecular formula is C21H23N3O. The zero-order valence-corrected chi connectivity index (χ0v) is 14.5. The Morgan fingerprint density at radius 1 is 1.08 bits per heavy atom. The standard InChI is InChI=1S/C21H23N3O/c1-2-12-23-14-17-11-13-24(15-16-7-6-10-19(23)20(16)17)21(25)22-18-8-4-3-5-9-18/h3-10,14H,2,11-13,15H2,1H3,(H,22,25). The first-order valence-corrected chi connectivity index (χ1v) is 8.97. The van der Waals surface area contributed by atoms with E-state index >= 15 is 0 Å². The molecule has 0 aliphatic carbocycles. The average molecular weight is 333 g/mol. The zero-order valence-electron chi connectivity index (χ0n) is 14.5. The highest BCUT2D eigenvalue weighted by Crippen LogP contribution is 2.30. The number of urea groups is 1. The number of para-hydroxylation sites is 1. The van der Waals surface area contributed by atoms with Crippen molar-refractivity contribution in [3.8, 4) is 0 Å². The molecule has 1 aromatic heterocycles. The minimum absolute atomic E-state index is 0.0326. The van der Waals surface area contributed by atoms with Crippen molar-refractivity contribution >= 4 is 22.6 Å². The molecule has 4 nitrogen and oxygen atoms in total. The predicted octanol–water partition coefficient (Wildman–Crippen LogP) is 4.64. The van der Waals surface area contributed by atoms with Gasteiger partial charge in [0, 0.05) is 42.4 Å². The second kappa shape index (κ2) is 6.63. The van der Waals surface area contributed by atoms with Crippen molar-refractivity contribution in [1.82, 2.24) is 9.47 Å². The highest BCUT2D eigenvalue weighted by Gasteiger charge is 2.22. The molecule has 0 unspecified atom stereocenters. The lowest BCUT2D eigenvalue weighted by Crippen LogP contribution is -2.35. The molecule has 0 spiro atoms. The molecule has 3 aromatic rings. The summed E-state index contributed by atoms with van der Waals surface area (Å²) in [6.07, 6.45) is 4.29. The Kier molecular flexibility index (Phi) is 4.18. The molecule has 0 atom stereocenters. The van der Waals surface area contributed by atoms with Crippen LogP contribution in [0.2, 0.25) is 0 Å². The van der Waals surface area contributed by atoms with Crippen molar-refractivity contribution < 1.29 is 4.79 Å². The molecule has 2 heterocycles. The van der Waals surface area contributed by atoms with Crippen LogP contribution in [0.1, 0.15) is 24.5 Å². The first-order valence-electron chi connectivity index (χ1n) is 8.97. The normalized spacial score (nSPS) is 13.7. The topological polar surface area (TPSA) is 37.3 Å². The third-order valence-corrected chi connectivity index (χ3v) is 4.86. The van der Waals surface area contributed by atoms with Gasteiger partial charge in [0.25, 0.3) is 0 Å². The highest BCUT2D eigenvalue weighted by atomic mass is 16.2. The van der Waals surface area contributed by atoms with Crippen LogP contribution in [0.5, 0.6) is 0 Å². The van der Waals surface area contributed by atoms with Crippen LogP contribution in [0.3, 0.4) is 0 Å². The number of carbonyl (C=O) groups excluding carboxylic acids is 1. The van der Waals surface area contributed by atoms with E-state index < -0.39 is 0 Å². The molecule has 0 radical (unpaired) electrons. The lowest BCUT2D eigenvalue weighted by Gasteiger charge is -2.22. The van der Waals surface area contributed by atoms with Gasteiger partial charge in [-0.2, -0.15) is 0 Å².